The van der Waals surface area contributed by atoms with E-state index in [1.807, 2.05) is 94.1 Å². The molecule has 3 heterocycles. The number of aromatic nitrogens is 4. The van der Waals surface area contributed by atoms with Crippen molar-refractivity contribution in [2.45, 2.75) is 19.9 Å². The van der Waals surface area contributed by atoms with Gasteiger partial charge in [0.1, 0.15) is 0 Å². The lowest BCUT2D eigenvalue weighted by Crippen LogP contribution is -2.27. The highest BCUT2D eigenvalue weighted by atomic mass is 16.1. The zero-order valence-corrected chi connectivity index (χ0v) is 18.9. The molecule has 3 aromatic heterocycles. The minimum Gasteiger partial charge on any atom is -0.345 e. The van der Waals surface area contributed by atoms with Crippen LogP contribution in [0.4, 0.5) is 0 Å². The molecule has 2 aromatic carbocycles. The van der Waals surface area contributed by atoms with Crippen molar-refractivity contribution in [2.24, 2.45) is 7.05 Å². The molecule has 33 heavy (non-hydrogen) atoms. The molecular formula is C27H25N5O. The van der Waals surface area contributed by atoms with E-state index in [2.05, 4.69) is 27.1 Å². The van der Waals surface area contributed by atoms with Gasteiger partial charge in [0.05, 0.1) is 28.5 Å². The molecule has 0 saturated heterocycles. The second-order valence-corrected chi connectivity index (χ2v) is 8.25. The summed E-state index contributed by atoms with van der Waals surface area (Å²) in [6.07, 6.45) is 5.95. The van der Waals surface area contributed by atoms with Gasteiger partial charge < -0.3 is 9.88 Å². The highest BCUT2D eigenvalue weighted by molar-refractivity contribution is 6.07. The fraction of sp³-hybridized carbons (Fsp3) is 0.148. The SMILES string of the molecule is Cc1nn(C)cc1-c1cc(C(=O)NC(C)c2cccc(-n3cccc3)c2)c2ccccc2n1. The van der Waals surface area contributed by atoms with E-state index in [-0.39, 0.29) is 11.9 Å². The number of hydrogen-bond acceptors (Lipinski definition) is 3. The molecule has 6 heteroatoms. The average Bonchev–Trinajstić information content (AvgIpc) is 3.48. The number of pyridine rings is 1. The molecule has 1 amide bonds. The topological polar surface area (TPSA) is 64.7 Å². The van der Waals surface area contributed by atoms with Crippen LogP contribution in [0.25, 0.3) is 27.8 Å². The van der Waals surface area contributed by atoms with E-state index in [0.29, 0.717) is 5.56 Å². The van der Waals surface area contributed by atoms with Gasteiger partial charge in [0.25, 0.3) is 5.91 Å². The maximum absolute atomic E-state index is 13.5. The van der Waals surface area contributed by atoms with Crippen LogP contribution in [0.15, 0.2) is 85.3 Å². The second kappa shape index (κ2) is 8.39. The van der Waals surface area contributed by atoms with Gasteiger partial charge in [-0.25, -0.2) is 4.98 Å². The van der Waals surface area contributed by atoms with E-state index in [9.17, 15) is 4.79 Å². The summed E-state index contributed by atoms with van der Waals surface area (Å²) >= 11 is 0. The Hall–Kier alpha value is -4.19. The molecule has 0 radical (unpaired) electrons. The van der Waals surface area contributed by atoms with Crippen LogP contribution in [0.1, 0.15) is 34.6 Å². The Bertz CT molecular complexity index is 1450. The Morgan fingerprint density at radius 1 is 1.00 bits per heavy atom. The summed E-state index contributed by atoms with van der Waals surface area (Å²) in [6.45, 7) is 3.95. The van der Waals surface area contributed by atoms with Crippen LogP contribution in [0.3, 0.4) is 0 Å². The summed E-state index contributed by atoms with van der Waals surface area (Å²) in [5, 5.41) is 8.44. The van der Waals surface area contributed by atoms with Crippen LogP contribution in [0.2, 0.25) is 0 Å². The van der Waals surface area contributed by atoms with Gasteiger partial charge >= 0.3 is 0 Å². The molecule has 0 spiro atoms. The lowest BCUT2D eigenvalue weighted by atomic mass is 10.0. The number of hydrogen-bond donors (Lipinski definition) is 1. The molecule has 5 rings (SSSR count). The van der Waals surface area contributed by atoms with Crippen molar-refractivity contribution in [1.29, 1.82) is 0 Å². The van der Waals surface area contributed by atoms with Crippen LogP contribution < -0.4 is 5.32 Å². The fourth-order valence-corrected chi connectivity index (χ4v) is 4.17. The molecule has 6 nitrogen and oxygen atoms in total. The number of nitrogens with one attached hydrogen (secondary N) is 1. The predicted molar refractivity (Wildman–Crippen MR) is 130 cm³/mol. The van der Waals surface area contributed by atoms with Crippen molar-refractivity contribution >= 4 is 16.8 Å². The first-order valence-electron chi connectivity index (χ1n) is 10.9. The van der Waals surface area contributed by atoms with Crippen molar-refractivity contribution in [1.82, 2.24) is 24.6 Å². The van der Waals surface area contributed by atoms with E-state index in [1.165, 1.54) is 0 Å². The number of carbonyl (C=O) groups excluding carboxylic acids is 1. The lowest BCUT2D eigenvalue weighted by molar-refractivity contribution is 0.0941. The van der Waals surface area contributed by atoms with Crippen LogP contribution in [-0.4, -0.2) is 25.2 Å². The third-order valence-electron chi connectivity index (χ3n) is 5.87. The van der Waals surface area contributed by atoms with E-state index in [0.717, 1.165) is 39.1 Å². The van der Waals surface area contributed by atoms with Gasteiger partial charge in [-0.05, 0) is 55.8 Å². The maximum atomic E-state index is 13.5. The van der Waals surface area contributed by atoms with Gasteiger partial charge in [0.2, 0.25) is 0 Å². The van der Waals surface area contributed by atoms with E-state index >= 15 is 0 Å². The third-order valence-corrected chi connectivity index (χ3v) is 5.87. The zero-order valence-electron chi connectivity index (χ0n) is 18.9. The number of carbonyl (C=O) groups is 1. The molecule has 0 fully saturated rings. The zero-order chi connectivity index (χ0) is 22.9. The monoisotopic (exact) mass is 435 g/mol. The van der Waals surface area contributed by atoms with Crippen molar-refractivity contribution in [2.75, 3.05) is 0 Å². The van der Waals surface area contributed by atoms with Gasteiger partial charge in [-0.1, -0.05) is 30.3 Å². The summed E-state index contributed by atoms with van der Waals surface area (Å²) in [4.78, 5) is 18.3. The molecule has 1 N–H and O–H groups in total. The molecule has 0 saturated carbocycles. The van der Waals surface area contributed by atoms with Crippen molar-refractivity contribution in [3.63, 3.8) is 0 Å². The number of para-hydroxylation sites is 1. The molecule has 0 aliphatic heterocycles. The van der Waals surface area contributed by atoms with E-state index in [1.54, 1.807) is 4.68 Å². The molecular weight excluding hydrogens is 410 g/mol. The Morgan fingerprint density at radius 3 is 2.55 bits per heavy atom. The van der Waals surface area contributed by atoms with Gasteiger partial charge in [0, 0.05) is 42.3 Å². The second-order valence-electron chi connectivity index (χ2n) is 8.25. The Labute approximate surface area is 192 Å². The maximum Gasteiger partial charge on any atom is 0.252 e. The number of fused-ring (bicyclic) bond motifs is 1. The standard InChI is InChI=1S/C27H25N5O/c1-18(20-9-8-10-21(15-20)32-13-6-7-14-32)28-27(33)23-16-26(24-17-31(3)30-19(24)2)29-25-12-5-4-11-22(23)25/h4-18H,1-3H3,(H,28,33). The Morgan fingerprint density at radius 2 is 1.79 bits per heavy atom. The molecule has 1 atom stereocenters. The van der Waals surface area contributed by atoms with Crippen LogP contribution >= 0.6 is 0 Å². The lowest BCUT2D eigenvalue weighted by Gasteiger charge is -2.17. The van der Waals surface area contributed by atoms with Crippen molar-refractivity contribution < 1.29 is 4.79 Å². The van der Waals surface area contributed by atoms with Gasteiger partial charge in [-0.2, -0.15) is 5.10 Å². The molecule has 0 aliphatic carbocycles. The van der Waals surface area contributed by atoms with Gasteiger partial charge in [0.15, 0.2) is 0 Å². The van der Waals surface area contributed by atoms with Crippen LogP contribution in [0, 0.1) is 6.92 Å². The minimum absolute atomic E-state index is 0.129. The molecule has 5 aromatic rings. The highest BCUT2D eigenvalue weighted by Crippen LogP contribution is 2.27. The Kier molecular flexibility index (Phi) is 5.26. The number of rotatable bonds is 5. The van der Waals surface area contributed by atoms with Gasteiger partial charge in [-0.15, -0.1) is 0 Å². The summed E-state index contributed by atoms with van der Waals surface area (Å²) in [5.74, 6) is -0.129. The summed E-state index contributed by atoms with van der Waals surface area (Å²) in [5.41, 5.74) is 6.02. The Balaban J connectivity index is 1.49. The number of aryl methyl sites for hydroxylation is 2. The summed E-state index contributed by atoms with van der Waals surface area (Å²) in [6, 6.07) is 21.6. The van der Waals surface area contributed by atoms with Crippen LogP contribution in [0.5, 0.6) is 0 Å². The van der Waals surface area contributed by atoms with Crippen molar-refractivity contribution in [3.8, 4) is 16.9 Å². The quantitative estimate of drug-likeness (QED) is 0.411. The number of amides is 1. The predicted octanol–water partition coefficient (Wildman–Crippen LogP) is 5.23. The first-order valence-corrected chi connectivity index (χ1v) is 10.9. The first-order chi connectivity index (χ1) is 16.0. The summed E-state index contributed by atoms with van der Waals surface area (Å²) < 4.78 is 3.82. The average molecular weight is 436 g/mol. The fourth-order valence-electron chi connectivity index (χ4n) is 4.17. The van der Waals surface area contributed by atoms with Crippen LogP contribution in [-0.2, 0) is 7.05 Å². The largest absolute Gasteiger partial charge is 0.345 e. The van der Waals surface area contributed by atoms with Gasteiger partial charge in [-0.3, -0.25) is 9.48 Å². The smallest absolute Gasteiger partial charge is 0.252 e. The third kappa shape index (κ3) is 4.03. The number of benzene rings is 2. The molecule has 0 bridgehead atoms. The molecule has 164 valence electrons. The minimum atomic E-state index is -0.163. The highest BCUT2D eigenvalue weighted by Gasteiger charge is 2.18. The first kappa shape index (κ1) is 20.7. The summed E-state index contributed by atoms with van der Waals surface area (Å²) in [7, 11) is 1.88. The number of nitrogens with zero attached hydrogens (tertiary/aromatic N) is 4. The van der Waals surface area contributed by atoms with E-state index < -0.39 is 0 Å². The van der Waals surface area contributed by atoms with Crippen molar-refractivity contribution in [3.05, 3.63) is 102 Å². The molecule has 0 aliphatic rings. The molecule has 1 unspecified atom stereocenters. The normalized spacial score (nSPS) is 12.1. The van der Waals surface area contributed by atoms with E-state index in [4.69, 9.17) is 4.98 Å².